The van der Waals surface area contributed by atoms with E-state index in [1.165, 1.54) is 0 Å². The molecule has 1 fully saturated rings. The molecule has 1 aromatic rings. The molecule has 2 rings (SSSR count). The van der Waals surface area contributed by atoms with Gasteiger partial charge in [0.05, 0.1) is 21.7 Å². The van der Waals surface area contributed by atoms with Crippen molar-refractivity contribution in [2.24, 2.45) is 11.7 Å². The number of carbonyl (C=O) groups is 1. The van der Waals surface area contributed by atoms with E-state index in [-0.39, 0.29) is 17.9 Å². The van der Waals surface area contributed by atoms with E-state index >= 15 is 0 Å². The van der Waals surface area contributed by atoms with Crippen molar-refractivity contribution in [3.05, 3.63) is 27.2 Å². The quantitative estimate of drug-likeness (QED) is 0.875. The molecule has 0 saturated heterocycles. The van der Waals surface area contributed by atoms with Gasteiger partial charge in [0.2, 0.25) is 5.91 Å². The molecule has 0 aliphatic heterocycles. The van der Waals surface area contributed by atoms with Crippen LogP contribution in [0.3, 0.4) is 0 Å². The van der Waals surface area contributed by atoms with Crippen LogP contribution in [0.5, 0.6) is 0 Å². The van der Waals surface area contributed by atoms with Gasteiger partial charge in [0.1, 0.15) is 0 Å². The summed E-state index contributed by atoms with van der Waals surface area (Å²) in [7, 11) is 0. The molecule has 1 saturated carbocycles. The van der Waals surface area contributed by atoms with Crippen molar-refractivity contribution in [3.63, 3.8) is 0 Å². The van der Waals surface area contributed by atoms with Gasteiger partial charge >= 0.3 is 0 Å². The van der Waals surface area contributed by atoms with Crippen LogP contribution in [-0.2, 0) is 4.79 Å². The fourth-order valence-electron chi connectivity index (χ4n) is 2.19. The average Bonchev–Trinajstić information content (AvgIpc) is 2.69. The zero-order valence-electron chi connectivity index (χ0n) is 9.55. The number of carbonyl (C=O) groups excluding carboxylic acids is 1. The number of nitrogens with two attached hydrogens (primary N) is 1. The fourth-order valence-corrected chi connectivity index (χ4v) is 3.10. The van der Waals surface area contributed by atoms with Crippen molar-refractivity contribution in [3.8, 4) is 0 Å². The Morgan fingerprint density at radius 2 is 1.83 bits per heavy atom. The molecule has 3 N–H and O–H groups in total. The van der Waals surface area contributed by atoms with Gasteiger partial charge in [0.25, 0.3) is 0 Å². The van der Waals surface area contributed by atoms with E-state index in [1.807, 2.05) is 0 Å². The van der Waals surface area contributed by atoms with Gasteiger partial charge in [-0.15, -0.1) is 0 Å². The zero-order valence-corrected chi connectivity index (χ0v) is 11.8. The lowest BCUT2D eigenvalue weighted by atomic mass is 10.0. The highest BCUT2D eigenvalue weighted by Gasteiger charge is 2.30. The standard InChI is InChI=1S/C12H13Cl3N2O/c13-6-4-8(14)11(9(15)5-6)17-12(18)7-2-1-3-10(7)16/h4-5,7,10H,1-3,16H2,(H,17,18). The summed E-state index contributed by atoms with van der Waals surface area (Å²) in [5.74, 6) is -0.307. The first kappa shape index (κ1) is 13.9. The lowest BCUT2D eigenvalue weighted by molar-refractivity contribution is -0.120. The Morgan fingerprint density at radius 1 is 1.22 bits per heavy atom. The van der Waals surface area contributed by atoms with Crippen LogP contribution in [0.1, 0.15) is 19.3 Å². The van der Waals surface area contributed by atoms with Gasteiger partial charge in [0, 0.05) is 11.1 Å². The number of anilines is 1. The smallest absolute Gasteiger partial charge is 0.229 e. The van der Waals surface area contributed by atoms with Crippen molar-refractivity contribution in [2.75, 3.05) is 5.32 Å². The van der Waals surface area contributed by atoms with E-state index in [0.717, 1.165) is 19.3 Å². The number of hydrogen-bond donors (Lipinski definition) is 2. The Morgan fingerprint density at radius 3 is 2.33 bits per heavy atom. The first-order chi connectivity index (χ1) is 8.49. The van der Waals surface area contributed by atoms with Gasteiger partial charge in [-0.2, -0.15) is 0 Å². The summed E-state index contributed by atoms with van der Waals surface area (Å²) in [4.78, 5) is 12.1. The molecule has 1 aliphatic rings. The van der Waals surface area contributed by atoms with Gasteiger partial charge in [-0.1, -0.05) is 41.2 Å². The third-order valence-corrected chi connectivity index (χ3v) is 3.98. The van der Waals surface area contributed by atoms with Crippen LogP contribution in [0.4, 0.5) is 5.69 Å². The van der Waals surface area contributed by atoms with E-state index in [4.69, 9.17) is 40.5 Å². The third kappa shape index (κ3) is 2.91. The predicted octanol–water partition coefficient (Wildman–Crippen LogP) is 3.71. The van der Waals surface area contributed by atoms with Crippen LogP contribution in [0.25, 0.3) is 0 Å². The molecular weight excluding hydrogens is 295 g/mol. The first-order valence-electron chi connectivity index (χ1n) is 5.70. The van der Waals surface area contributed by atoms with Crippen LogP contribution < -0.4 is 11.1 Å². The molecule has 2 unspecified atom stereocenters. The van der Waals surface area contributed by atoms with Gasteiger partial charge in [-0.25, -0.2) is 0 Å². The summed E-state index contributed by atoms with van der Waals surface area (Å²) in [6.45, 7) is 0. The maximum absolute atomic E-state index is 12.1. The summed E-state index contributed by atoms with van der Waals surface area (Å²) in [6.07, 6.45) is 2.65. The van der Waals surface area contributed by atoms with E-state index in [9.17, 15) is 4.79 Å². The van der Waals surface area contributed by atoms with Crippen LogP contribution in [-0.4, -0.2) is 11.9 Å². The summed E-state index contributed by atoms with van der Waals surface area (Å²) in [5.41, 5.74) is 6.28. The van der Waals surface area contributed by atoms with Gasteiger partial charge in [-0.05, 0) is 25.0 Å². The van der Waals surface area contributed by atoms with Crippen molar-refractivity contribution < 1.29 is 4.79 Å². The normalized spacial score (nSPS) is 23.1. The number of nitrogens with one attached hydrogen (secondary N) is 1. The maximum atomic E-state index is 12.1. The Labute approximate surface area is 121 Å². The Hall–Kier alpha value is -0.480. The monoisotopic (exact) mass is 306 g/mol. The lowest BCUT2D eigenvalue weighted by Gasteiger charge is -2.16. The zero-order chi connectivity index (χ0) is 13.3. The fraction of sp³-hybridized carbons (Fsp3) is 0.417. The highest BCUT2D eigenvalue weighted by atomic mass is 35.5. The largest absolute Gasteiger partial charge is 0.327 e. The first-order valence-corrected chi connectivity index (χ1v) is 6.83. The van der Waals surface area contributed by atoms with Gasteiger partial charge in [0.15, 0.2) is 0 Å². The summed E-state index contributed by atoms with van der Waals surface area (Å²) < 4.78 is 0. The van der Waals surface area contributed by atoms with E-state index in [0.29, 0.717) is 20.8 Å². The summed E-state index contributed by atoms with van der Waals surface area (Å²) in [5, 5.41) is 3.82. The number of amides is 1. The molecule has 0 radical (unpaired) electrons. The molecule has 2 atom stereocenters. The molecule has 1 aromatic carbocycles. The maximum Gasteiger partial charge on any atom is 0.229 e. The van der Waals surface area contributed by atoms with Gasteiger partial charge < -0.3 is 11.1 Å². The molecule has 18 heavy (non-hydrogen) atoms. The van der Waals surface area contributed by atoms with Gasteiger partial charge in [-0.3, -0.25) is 4.79 Å². The number of halogens is 3. The SMILES string of the molecule is NC1CCCC1C(=O)Nc1c(Cl)cc(Cl)cc1Cl. The predicted molar refractivity (Wildman–Crippen MR) is 75.4 cm³/mol. The summed E-state index contributed by atoms with van der Waals surface area (Å²) >= 11 is 17.8. The van der Waals surface area contributed by atoms with Crippen LogP contribution >= 0.6 is 34.8 Å². The molecule has 0 aromatic heterocycles. The topological polar surface area (TPSA) is 55.1 Å². The minimum absolute atomic E-state index is 0.0881. The highest BCUT2D eigenvalue weighted by Crippen LogP contribution is 2.35. The minimum atomic E-state index is -0.173. The molecule has 0 spiro atoms. The van der Waals surface area contributed by atoms with Crippen molar-refractivity contribution in [1.29, 1.82) is 0 Å². The Bertz CT molecular complexity index is 455. The molecule has 1 aliphatic carbocycles. The highest BCUT2D eigenvalue weighted by molar-refractivity contribution is 6.42. The molecular formula is C12H13Cl3N2O. The van der Waals surface area contributed by atoms with Crippen molar-refractivity contribution in [2.45, 2.75) is 25.3 Å². The molecule has 3 nitrogen and oxygen atoms in total. The third-order valence-electron chi connectivity index (χ3n) is 3.16. The Balaban J connectivity index is 2.17. The van der Waals surface area contributed by atoms with Crippen molar-refractivity contribution in [1.82, 2.24) is 0 Å². The number of rotatable bonds is 2. The second kappa shape index (κ2) is 5.66. The average molecular weight is 308 g/mol. The van der Waals surface area contributed by atoms with Crippen LogP contribution in [0.2, 0.25) is 15.1 Å². The molecule has 0 heterocycles. The number of benzene rings is 1. The molecule has 98 valence electrons. The van der Waals surface area contributed by atoms with Crippen LogP contribution in [0.15, 0.2) is 12.1 Å². The summed E-state index contributed by atoms with van der Waals surface area (Å²) in [6, 6.07) is 2.99. The molecule has 6 heteroatoms. The Kier molecular flexibility index (Phi) is 4.38. The minimum Gasteiger partial charge on any atom is -0.327 e. The second-order valence-electron chi connectivity index (χ2n) is 4.43. The lowest BCUT2D eigenvalue weighted by Crippen LogP contribution is -2.34. The second-order valence-corrected chi connectivity index (χ2v) is 5.69. The van der Waals surface area contributed by atoms with E-state index in [1.54, 1.807) is 12.1 Å². The van der Waals surface area contributed by atoms with E-state index in [2.05, 4.69) is 5.32 Å². The molecule has 0 bridgehead atoms. The molecule has 1 amide bonds. The van der Waals surface area contributed by atoms with Crippen molar-refractivity contribution >= 4 is 46.4 Å². The number of hydrogen-bond acceptors (Lipinski definition) is 2. The van der Waals surface area contributed by atoms with Crippen LogP contribution in [0, 0.1) is 5.92 Å². The van der Waals surface area contributed by atoms with E-state index < -0.39 is 0 Å².